The predicted octanol–water partition coefficient (Wildman–Crippen LogP) is 2.34. The smallest absolute Gasteiger partial charge is 0.238 e. The number of rotatable bonds is 7. The Kier molecular flexibility index (Phi) is 6.66. The van der Waals surface area contributed by atoms with Gasteiger partial charge >= 0.3 is 0 Å². The van der Waals surface area contributed by atoms with Crippen molar-refractivity contribution in [3.63, 3.8) is 0 Å². The number of nitrogens with one attached hydrogen (secondary N) is 2. The summed E-state index contributed by atoms with van der Waals surface area (Å²) in [4.78, 5) is 26.0. The van der Waals surface area contributed by atoms with Crippen LogP contribution in [0.4, 0.5) is 10.1 Å². The molecule has 8 heteroatoms. The molecular weight excluding hydrogens is 377 g/mol. The minimum Gasteiger partial charge on any atom is -0.486 e. The molecular formula is C21H24FN3O4. The van der Waals surface area contributed by atoms with Crippen molar-refractivity contribution in [3.8, 4) is 11.5 Å². The molecule has 2 N–H and O–H groups in total. The number of hydrogen-bond donors (Lipinski definition) is 2. The zero-order valence-electron chi connectivity index (χ0n) is 16.4. The number of amides is 2. The Morgan fingerprint density at radius 1 is 1.07 bits per heavy atom. The summed E-state index contributed by atoms with van der Waals surface area (Å²) in [6.07, 6.45) is 0. The number of ether oxygens (including phenoxy) is 2. The molecule has 0 bridgehead atoms. The van der Waals surface area contributed by atoms with Gasteiger partial charge in [-0.15, -0.1) is 0 Å². The van der Waals surface area contributed by atoms with Gasteiger partial charge in [-0.25, -0.2) is 4.39 Å². The second kappa shape index (κ2) is 9.38. The van der Waals surface area contributed by atoms with Crippen LogP contribution in [-0.2, 0) is 9.59 Å². The first-order valence-corrected chi connectivity index (χ1v) is 9.33. The van der Waals surface area contributed by atoms with Crippen LogP contribution < -0.4 is 20.1 Å². The van der Waals surface area contributed by atoms with E-state index < -0.39 is 5.82 Å². The lowest BCUT2D eigenvalue weighted by Gasteiger charge is -2.22. The van der Waals surface area contributed by atoms with E-state index in [0.29, 0.717) is 30.4 Å². The van der Waals surface area contributed by atoms with Crippen LogP contribution in [0.5, 0.6) is 11.5 Å². The molecule has 1 atom stereocenters. The lowest BCUT2D eigenvalue weighted by molar-refractivity contribution is -0.123. The van der Waals surface area contributed by atoms with Crippen molar-refractivity contribution >= 4 is 17.5 Å². The topological polar surface area (TPSA) is 79.9 Å². The molecule has 0 aliphatic carbocycles. The number of hydrogen-bond acceptors (Lipinski definition) is 5. The van der Waals surface area contributed by atoms with E-state index in [9.17, 15) is 14.0 Å². The second-order valence-corrected chi connectivity index (χ2v) is 6.92. The zero-order valence-corrected chi connectivity index (χ0v) is 16.4. The summed E-state index contributed by atoms with van der Waals surface area (Å²) in [6.45, 7) is 2.95. The number of anilines is 1. The van der Waals surface area contributed by atoms with Crippen LogP contribution in [0, 0.1) is 5.82 Å². The zero-order chi connectivity index (χ0) is 20.8. The molecule has 2 aromatic rings. The lowest BCUT2D eigenvalue weighted by Crippen LogP contribution is -2.39. The van der Waals surface area contributed by atoms with Crippen molar-refractivity contribution in [3.05, 3.63) is 53.8 Å². The fraction of sp³-hybridized carbons (Fsp3) is 0.333. The maximum absolute atomic E-state index is 13.2. The maximum Gasteiger partial charge on any atom is 0.238 e. The summed E-state index contributed by atoms with van der Waals surface area (Å²) < 4.78 is 24.2. The van der Waals surface area contributed by atoms with Gasteiger partial charge in [0.05, 0.1) is 19.1 Å². The number of fused-ring (bicyclic) bond motifs is 1. The summed E-state index contributed by atoms with van der Waals surface area (Å²) >= 11 is 0. The van der Waals surface area contributed by atoms with Crippen LogP contribution in [0.15, 0.2) is 42.5 Å². The van der Waals surface area contributed by atoms with Crippen LogP contribution in [-0.4, -0.2) is 50.1 Å². The van der Waals surface area contributed by atoms with E-state index in [1.807, 2.05) is 25.1 Å². The van der Waals surface area contributed by atoms with Crippen molar-refractivity contribution in [1.29, 1.82) is 0 Å². The monoisotopic (exact) mass is 401 g/mol. The van der Waals surface area contributed by atoms with E-state index in [1.54, 1.807) is 18.0 Å². The molecule has 1 heterocycles. The third-order valence-corrected chi connectivity index (χ3v) is 4.38. The molecule has 2 aromatic carbocycles. The van der Waals surface area contributed by atoms with Crippen LogP contribution >= 0.6 is 0 Å². The Labute approximate surface area is 168 Å². The molecule has 0 unspecified atom stereocenters. The highest BCUT2D eigenvalue weighted by Crippen LogP contribution is 2.32. The molecule has 1 aliphatic heterocycles. The summed E-state index contributed by atoms with van der Waals surface area (Å²) in [5.41, 5.74) is 1.27. The van der Waals surface area contributed by atoms with Crippen molar-refractivity contribution in [2.45, 2.75) is 13.0 Å². The Morgan fingerprint density at radius 3 is 2.55 bits per heavy atom. The van der Waals surface area contributed by atoms with Gasteiger partial charge < -0.3 is 20.1 Å². The first kappa shape index (κ1) is 20.6. The number of benzene rings is 2. The van der Waals surface area contributed by atoms with E-state index in [2.05, 4.69) is 10.6 Å². The molecule has 7 nitrogen and oxygen atoms in total. The highest BCUT2D eigenvalue weighted by molar-refractivity contribution is 5.92. The Bertz CT molecular complexity index is 890. The highest BCUT2D eigenvalue weighted by Gasteiger charge is 2.17. The van der Waals surface area contributed by atoms with Crippen molar-refractivity contribution < 1.29 is 23.5 Å². The van der Waals surface area contributed by atoms with Gasteiger partial charge in [-0.05, 0) is 49.9 Å². The predicted molar refractivity (Wildman–Crippen MR) is 107 cm³/mol. The number of nitrogens with zero attached hydrogens (tertiary/aromatic N) is 1. The van der Waals surface area contributed by atoms with E-state index in [1.165, 1.54) is 18.2 Å². The van der Waals surface area contributed by atoms with Crippen LogP contribution in [0.1, 0.15) is 18.5 Å². The van der Waals surface area contributed by atoms with Gasteiger partial charge in [0.25, 0.3) is 0 Å². The molecule has 1 aliphatic rings. The van der Waals surface area contributed by atoms with Crippen LogP contribution in [0.2, 0.25) is 0 Å². The molecule has 2 amide bonds. The molecule has 0 saturated heterocycles. The maximum atomic E-state index is 13.2. The van der Waals surface area contributed by atoms with Crippen LogP contribution in [0.3, 0.4) is 0 Å². The minimum absolute atomic E-state index is 0.00232. The standard InChI is InChI=1S/C21H24FN3O4/c1-14(15-6-7-18-19(10-15)29-9-8-28-18)23-20(26)12-25(2)13-21(27)24-17-5-3-4-16(22)11-17/h3-7,10-11,14H,8-9,12-13H2,1-2H3,(H,23,26)(H,24,27)/t14-/m1/s1. The molecule has 154 valence electrons. The van der Waals surface area contributed by atoms with Gasteiger partial charge in [0.15, 0.2) is 11.5 Å². The van der Waals surface area contributed by atoms with Crippen molar-refractivity contribution in [2.75, 3.05) is 38.7 Å². The molecule has 0 radical (unpaired) electrons. The van der Waals surface area contributed by atoms with Crippen LogP contribution in [0.25, 0.3) is 0 Å². The molecule has 3 rings (SSSR count). The average molecular weight is 401 g/mol. The van der Waals surface area contributed by atoms with Crippen molar-refractivity contribution in [1.82, 2.24) is 10.2 Å². The summed E-state index contributed by atoms with van der Waals surface area (Å²) in [7, 11) is 1.67. The third kappa shape index (κ3) is 5.92. The Hall–Kier alpha value is -3.13. The highest BCUT2D eigenvalue weighted by atomic mass is 19.1. The SMILES string of the molecule is C[C@@H](NC(=O)CN(C)CC(=O)Nc1cccc(F)c1)c1ccc2c(c1)OCCO2. The van der Waals surface area contributed by atoms with E-state index >= 15 is 0 Å². The van der Waals surface area contributed by atoms with Gasteiger partial charge in [0.1, 0.15) is 19.0 Å². The number of carbonyl (C=O) groups is 2. The number of likely N-dealkylation sites (N-methyl/N-ethyl adjacent to an activating group) is 1. The van der Waals surface area contributed by atoms with Gasteiger partial charge in [-0.2, -0.15) is 0 Å². The van der Waals surface area contributed by atoms with Gasteiger partial charge in [-0.1, -0.05) is 12.1 Å². The summed E-state index contributed by atoms with van der Waals surface area (Å²) in [5, 5.41) is 5.51. The van der Waals surface area contributed by atoms with Gasteiger partial charge in [0, 0.05) is 5.69 Å². The second-order valence-electron chi connectivity index (χ2n) is 6.92. The summed E-state index contributed by atoms with van der Waals surface area (Å²) in [6, 6.07) is 11.0. The molecule has 0 saturated carbocycles. The minimum atomic E-state index is -0.427. The normalized spacial score (nSPS) is 13.7. The lowest BCUT2D eigenvalue weighted by atomic mass is 10.1. The average Bonchev–Trinajstić information content (AvgIpc) is 2.67. The summed E-state index contributed by atoms with van der Waals surface area (Å²) in [5.74, 6) is 0.395. The quantitative estimate of drug-likeness (QED) is 0.745. The largest absolute Gasteiger partial charge is 0.486 e. The van der Waals surface area contributed by atoms with Gasteiger partial charge in [-0.3, -0.25) is 14.5 Å². The number of halogens is 1. The van der Waals surface area contributed by atoms with Crippen molar-refractivity contribution in [2.24, 2.45) is 0 Å². The number of carbonyl (C=O) groups excluding carboxylic acids is 2. The van der Waals surface area contributed by atoms with Gasteiger partial charge in [0.2, 0.25) is 11.8 Å². The first-order valence-electron chi connectivity index (χ1n) is 9.33. The van der Waals surface area contributed by atoms with E-state index in [-0.39, 0.29) is 30.9 Å². The molecule has 29 heavy (non-hydrogen) atoms. The Balaban J connectivity index is 1.47. The first-order chi connectivity index (χ1) is 13.9. The fourth-order valence-electron chi connectivity index (χ4n) is 3.01. The molecule has 0 aromatic heterocycles. The molecule has 0 spiro atoms. The molecule has 0 fully saturated rings. The van der Waals surface area contributed by atoms with E-state index in [4.69, 9.17) is 9.47 Å². The fourth-order valence-corrected chi connectivity index (χ4v) is 3.01. The van der Waals surface area contributed by atoms with E-state index in [0.717, 1.165) is 5.56 Å². The Morgan fingerprint density at radius 2 is 1.79 bits per heavy atom. The third-order valence-electron chi connectivity index (χ3n) is 4.38.